The van der Waals surface area contributed by atoms with Gasteiger partial charge in [0.05, 0.1) is 22.7 Å². The van der Waals surface area contributed by atoms with Gasteiger partial charge in [0.2, 0.25) is 5.91 Å². The summed E-state index contributed by atoms with van der Waals surface area (Å²) in [6, 6.07) is 2.87. The Labute approximate surface area is 159 Å². The number of aliphatic hydroxyl groups is 1. The number of benzene rings is 1. The molecule has 0 atom stereocenters. The molecule has 2 N–H and O–H groups in total. The highest BCUT2D eigenvalue weighted by molar-refractivity contribution is 5.85. The van der Waals surface area contributed by atoms with Crippen molar-refractivity contribution in [3.63, 3.8) is 0 Å². The number of nitrogens with zero attached hydrogens (tertiary/aromatic N) is 2. The molecule has 9 heteroatoms. The molecule has 1 fully saturated rings. The molecule has 152 valence electrons. The lowest BCUT2D eigenvalue weighted by Gasteiger charge is -2.26. The number of fused-ring (bicyclic) bond motifs is 1. The number of nitrogens with one attached hydrogen (secondary N) is 1. The number of carbonyl (C=O) groups is 1. The Morgan fingerprint density at radius 3 is 2.54 bits per heavy atom. The van der Waals surface area contributed by atoms with Crippen LogP contribution in [0.5, 0.6) is 0 Å². The van der Waals surface area contributed by atoms with Crippen LogP contribution in [-0.2, 0) is 23.9 Å². The van der Waals surface area contributed by atoms with Crippen molar-refractivity contribution in [2.45, 2.75) is 63.9 Å². The van der Waals surface area contributed by atoms with E-state index in [4.69, 9.17) is 0 Å². The van der Waals surface area contributed by atoms with Crippen molar-refractivity contribution in [2.24, 2.45) is 0 Å². The zero-order chi connectivity index (χ0) is 20.5. The fourth-order valence-corrected chi connectivity index (χ4v) is 3.53. The van der Waals surface area contributed by atoms with Crippen LogP contribution in [0.3, 0.4) is 0 Å². The van der Waals surface area contributed by atoms with Crippen molar-refractivity contribution in [1.29, 1.82) is 0 Å². The topological polar surface area (TPSA) is 84.2 Å². The predicted molar refractivity (Wildman–Crippen MR) is 96.8 cm³/mol. The standard InChI is InChI=1S/C19H22F3N3O3/c1-2-16-15-9-11(19(20,21)22)3-8-14(15)18(28)25(24-16)10-17(27)23-12-4-6-13(26)7-5-12/h3,8-9,12-13,26H,2,4-7,10H2,1H3,(H,23,27)/t12-,13-. The van der Waals surface area contributed by atoms with Crippen LogP contribution in [0.1, 0.15) is 43.9 Å². The molecule has 0 bridgehead atoms. The van der Waals surface area contributed by atoms with Crippen LogP contribution in [0.15, 0.2) is 23.0 Å². The minimum absolute atomic E-state index is 0.0629. The lowest BCUT2D eigenvalue weighted by Crippen LogP contribution is -2.42. The third-order valence-electron chi connectivity index (χ3n) is 5.05. The zero-order valence-electron chi connectivity index (χ0n) is 15.4. The average molecular weight is 397 g/mol. The molecule has 1 amide bonds. The van der Waals surface area contributed by atoms with E-state index in [1.165, 1.54) is 0 Å². The van der Waals surface area contributed by atoms with Gasteiger partial charge < -0.3 is 10.4 Å². The van der Waals surface area contributed by atoms with Gasteiger partial charge in [-0.1, -0.05) is 6.92 Å². The van der Waals surface area contributed by atoms with E-state index >= 15 is 0 Å². The lowest BCUT2D eigenvalue weighted by molar-refractivity contribution is -0.137. The summed E-state index contributed by atoms with van der Waals surface area (Å²) in [4.78, 5) is 24.9. The summed E-state index contributed by atoms with van der Waals surface area (Å²) < 4.78 is 39.9. The average Bonchev–Trinajstić information content (AvgIpc) is 2.64. The van der Waals surface area contributed by atoms with Gasteiger partial charge in [-0.25, -0.2) is 4.68 Å². The third-order valence-corrected chi connectivity index (χ3v) is 5.05. The molecule has 1 heterocycles. The zero-order valence-corrected chi connectivity index (χ0v) is 15.4. The van der Waals surface area contributed by atoms with Crippen LogP contribution in [0.2, 0.25) is 0 Å². The highest BCUT2D eigenvalue weighted by atomic mass is 19.4. The van der Waals surface area contributed by atoms with Crippen molar-refractivity contribution in [3.8, 4) is 0 Å². The van der Waals surface area contributed by atoms with Gasteiger partial charge in [-0.15, -0.1) is 0 Å². The van der Waals surface area contributed by atoms with Gasteiger partial charge in [-0.3, -0.25) is 9.59 Å². The largest absolute Gasteiger partial charge is 0.416 e. The van der Waals surface area contributed by atoms with Gasteiger partial charge in [0.25, 0.3) is 5.56 Å². The maximum atomic E-state index is 13.0. The number of alkyl halides is 3. The van der Waals surface area contributed by atoms with E-state index in [1.807, 2.05) is 0 Å². The first kappa shape index (κ1) is 20.3. The molecule has 6 nitrogen and oxygen atoms in total. The number of aliphatic hydroxyl groups excluding tert-OH is 1. The fourth-order valence-electron chi connectivity index (χ4n) is 3.53. The summed E-state index contributed by atoms with van der Waals surface area (Å²) >= 11 is 0. The molecule has 0 saturated heterocycles. The number of aromatic nitrogens is 2. The molecule has 0 spiro atoms. The number of hydrogen-bond acceptors (Lipinski definition) is 4. The number of aryl methyl sites for hydroxylation is 1. The van der Waals surface area contributed by atoms with Crippen LogP contribution < -0.4 is 10.9 Å². The SMILES string of the molecule is CCc1nn(CC(=O)N[C@H]2CC[C@H](O)CC2)c(=O)c2ccc(C(F)(F)F)cc12. The van der Waals surface area contributed by atoms with Crippen molar-refractivity contribution in [2.75, 3.05) is 0 Å². The van der Waals surface area contributed by atoms with E-state index in [9.17, 15) is 27.9 Å². The van der Waals surface area contributed by atoms with E-state index in [-0.39, 0.29) is 35.4 Å². The van der Waals surface area contributed by atoms with Crippen molar-refractivity contribution in [3.05, 3.63) is 39.8 Å². The smallest absolute Gasteiger partial charge is 0.393 e. The van der Waals surface area contributed by atoms with E-state index in [2.05, 4.69) is 10.4 Å². The molecule has 0 aliphatic heterocycles. The summed E-state index contributed by atoms with van der Waals surface area (Å²) in [6.45, 7) is 1.42. The summed E-state index contributed by atoms with van der Waals surface area (Å²) in [5.41, 5.74) is -1.12. The normalized spacial score (nSPS) is 20.3. The van der Waals surface area contributed by atoms with Crippen LogP contribution in [0, 0.1) is 0 Å². The number of carbonyl (C=O) groups excluding carboxylic acids is 1. The molecular formula is C19H22F3N3O3. The Bertz CT molecular complexity index is 932. The minimum atomic E-state index is -4.51. The Morgan fingerprint density at radius 2 is 1.93 bits per heavy atom. The number of halogens is 3. The highest BCUT2D eigenvalue weighted by Gasteiger charge is 2.31. The number of amides is 1. The maximum Gasteiger partial charge on any atom is 0.416 e. The van der Waals surface area contributed by atoms with Crippen molar-refractivity contribution >= 4 is 16.7 Å². The first-order valence-corrected chi connectivity index (χ1v) is 9.27. The number of hydrogen-bond donors (Lipinski definition) is 2. The molecule has 1 saturated carbocycles. The van der Waals surface area contributed by atoms with E-state index in [1.54, 1.807) is 6.92 Å². The molecule has 1 aliphatic rings. The maximum absolute atomic E-state index is 13.0. The van der Waals surface area contributed by atoms with Gasteiger partial charge in [-0.05, 0) is 50.3 Å². The first-order valence-electron chi connectivity index (χ1n) is 9.27. The molecule has 1 aromatic heterocycles. The molecule has 1 aromatic carbocycles. The lowest BCUT2D eigenvalue weighted by atomic mass is 9.93. The Hall–Kier alpha value is -2.42. The Balaban J connectivity index is 1.86. The predicted octanol–water partition coefficient (Wildman–Crippen LogP) is 2.40. The molecule has 1 aliphatic carbocycles. The molecule has 0 radical (unpaired) electrons. The van der Waals surface area contributed by atoms with Crippen LogP contribution in [-0.4, -0.2) is 32.9 Å². The van der Waals surface area contributed by atoms with E-state index in [0.29, 0.717) is 37.8 Å². The van der Waals surface area contributed by atoms with Crippen LogP contribution >= 0.6 is 0 Å². The fraction of sp³-hybridized carbons (Fsp3) is 0.526. The molecule has 0 unspecified atom stereocenters. The monoisotopic (exact) mass is 397 g/mol. The van der Waals surface area contributed by atoms with Gasteiger partial charge in [0.1, 0.15) is 6.54 Å². The molecule has 3 rings (SSSR count). The van der Waals surface area contributed by atoms with Gasteiger partial charge >= 0.3 is 6.18 Å². The van der Waals surface area contributed by atoms with E-state index in [0.717, 1.165) is 22.9 Å². The minimum Gasteiger partial charge on any atom is -0.393 e. The quantitative estimate of drug-likeness (QED) is 0.830. The highest BCUT2D eigenvalue weighted by Crippen LogP contribution is 2.31. The molecule has 28 heavy (non-hydrogen) atoms. The van der Waals surface area contributed by atoms with Crippen LogP contribution in [0.25, 0.3) is 10.8 Å². The van der Waals surface area contributed by atoms with Crippen molar-refractivity contribution < 1.29 is 23.1 Å². The van der Waals surface area contributed by atoms with Crippen molar-refractivity contribution in [1.82, 2.24) is 15.1 Å². The Kier molecular flexibility index (Phi) is 5.74. The first-order chi connectivity index (χ1) is 13.2. The van der Waals surface area contributed by atoms with Gasteiger partial charge in [-0.2, -0.15) is 18.3 Å². The second kappa shape index (κ2) is 7.90. The van der Waals surface area contributed by atoms with Gasteiger partial charge in [0.15, 0.2) is 0 Å². The van der Waals surface area contributed by atoms with Gasteiger partial charge in [0, 0.05) is 11.4 Å². The summed E-state index contributed by atoms with van der Waals surface area (Å²) in [5, 5.41) is 16.7. The summed E-state index contributed by atoms with van der Waals surface area (Å²) in [5.74, 6) is -0.385. The second-order valence-electron chi connectivity index (χ2n) is 7.09. The Morgan fingerprint density at radius 1 is 1.25 bits per heavy atom. The number of rotatable bonds is 4. The molecular weight excluding hydrogens is 375 g/mol. The third kappa shape index (κ3) is 4.35. The summed E-state index contributed by atoms with van der Waals surface area (Å²) in [7, 11) is 0. The second-order valence-corrected chi connectivity index (χ2v) is 7.09. The summed E-state index contributed by atoms with van der Waals surface area (Å²) in [6.07, 6.45) is -1.99. The van der Waals surface area contributed by atoms with Crippen LogP contribution in [0.4, 0.5) is 13.2 Å². The molecule has 2 aromatic rings. The van der Waals surface area contributed by atoms with E-state index < -0.39 is 17.3 Å².